The van der Waals surface area contributed by atoms with Crippen molar-refractivity contribution in [2.24, 2.45) is 5.73 Å². The molecule has 1 unspecified atom stereocenters. The van der Waals surface area contributed by atoms with Crippen molar-refractivity contribution in [2.45, 2.75) is 31.1 Å². The Kier molecular flexibility index (Phi) is 3.62. The summed E-state index contributed by atoms with van der Waals surface area (Å²) < 4.78 is 6.84. The van der Waals surface area contributed by atoms with E-state index >= 15 is 0 Å². The number of nitrogens with one attached hydrogen (secondary N) is 1. The number of ether oxygens (including phenoxy) is 1. The number of fused-ring (bicyclic) bond motifs is 1. The van der Waals surface area contributed by atoms with Gasteiger partial charge in [0.1, 0.15) is 18.3 Å². The van der Waals surface area contributed by atoms with Crippen LogP contribution in [0.15, 0.2) is 11.0 Å². The molecule has 0 aromatic carbocycles. The fourth-order valence-corrected chi connectivity index (χ4v) is 2.71. The number of hydrogen-bond acceptors (Lipinski definition) is 8. The molecule has 8 N–H and O–H groups in total. The lowest BCUT2D eigenvalue weighted by Crippen LogP contribution is -2.33. The Morgan fingerprint density at radius 3 is 2.73 bits per heavy atom. The zero-order valence-electron chi connectivity index (χ0n) is 11.5. The average molecular weight is 311 g/mol. The molecule has 10 nitrogen and oxygen atoms in total. The summed E-state index contributed by atoms with van der Waals surface area (Å²) in [6, 6.07) is 0. The molecule has 0 bridgehead atoms. The van der Waals surface area contributed by atoms with Crippen molar-refractivity contribution in [2.75, 3.05) is 12.3 Å². The molecule has 0 spiro atoms. The van der Waals surface area contributed by atoms with Gasteiger partial charge in [-0.2, -0.15) is 4.98 Å². The molecule has 1 saturated heterocycles. The van der Waals surface area contributed by atoms with Crippen LogP contribution < -0.4 is 17.0 Å². The van der Waals surface area contributed by atoms with Gasteiger partial charge in [0.15, 0.2) is 11.9 Å². The van der Waals surface area contributed by atoms with Gasteiger partial charge in [0.05, 0.1) is 12.0 Å². The normalized spacial score (nSPS) is 28.5. The summed E-state index contributed by atoms with van der Waals surface area (Å²) in [5.74, 6) is -0.0906. The van der Waals surface area contributed by atoms with Gasteiger partial charge >= 0.3 is 0 Å². The minimum absolute atomic E-state index is 0.0764. The molecule has 2 aromatic heterocycles. The summed E-state index contributed by atoms with van der Waals surface area (Å²) in [5.41, 5.74) is 11.4. The van der Waals surface area contributed by atoms with Gasteiger partial charge in [-0.25, -0.2) is 0 Å². The number of nitrogens with zero attached hydrogens (tertiary/aromatic N) is 2. The van der Waals surface area contributed by atoms with Crippen LogP contribution in [0.1, 0.15) is 11.8 Å². The molecular weight excluding hydrogens is 294 g/mol. The summed E-state index contributed by atoms with van der Waals surface area (Å²) in [4.78, 5) is 18.5. The number of H-pyrrole nitrogens is 1. The first kappa shape index (κ1) is 14.9. The molecule has 3 rings (SSSR count). The van der Waals surface area contributed by atoms with E-state index in [4.69, 9.17) is 21.3 Å². The van der Waals surface area contributed by atoms with Crippen LogP contribution in [0.4, 0.5) is 5.95 Å². The van der Waals surface area contributed by atoms with Crippen LogP contribution in [0.3, 0.4) is 0 Å². The molecule has 0 amide bonds. The van der Waals surface area contributed by atoms with Crippen LogP contribution in [-0.4, -0.2) is 54.8 Å². The second-order valence-corrected chi connectivity index (χ2v) is 5.14. The molecule has 1 aliphatic heterocycles. The Labute approximate surface area is 123 Å². The monoisotopic (exact) mass is 311 g/mol. The van der Waals surface area contributed by atoms with Crippen molar-refractivity contribution in [3.63, 3.8) is 0 Å². The van der Waals surface area contributed by atoms with E-state index in [0.29, 0.717) is 5.56 Å². The molecule has 120 valence electrons. The van der Waals surface area contributed by atoms with Gasteiger partial charge in [-0.3, -0.25) is 9.78 Å². The Morgan fingerprint density at radius 1 is 1.41 bits per heavy atom. The lowest BCUT2D eigenvalue weighted by atomic mass is 10.1. The molecule has 22 heavy (non-hydrogen) atoms. The number of hydrogen-bond donors (Lipinski definition) is 6. The maximum atomic E-state index is 12.0. The van der Waals surface area contributed by atoms with Gasteiger partial charge in [0.2, 0.25) is 5.95 Å². The topological polar surface area (TPSA) is 173 Å². The number of aromatic nitrogens is 3. The fraction of sp³-hybridized carbons (Fsp3) is 0.500. The molecule has 10 heteroatoms. The highest BCUT2D eigenvalue weighted by Crippen LogP contribution is 2.32. The van der Waals surface area contributed by atoms with Gasteiger partial charge in [-0.05, 0) is 5.56 Å². The number of aromatic amines is 1. The number of nitrogens with two attached hydrogens (primary N) is 2. The molecule has 1 fully saturated rings. The molecule has 1 aliphatic rings. The predicted octanol–water partition coefficient (Wildman–Crippen LogP) is -2.62. The number of anilines is 1. The van der Waals surface area contributed by atoms with Crippen molar-refractivity contribution in [3.8, 4) is 0 Å². The Hall–Kier alpha value is -1.98. The highest BCUT2D eigenvalue weighted by atomic mass is 16.6. The summed E-state index contributed by atoms with van der Waals surface area (Å²) in [6.07, 6.45) is -2.97. The maximum absolute atomic E-state index is 12.0. The van der Waals surface area contributed by atoms with Gasteiger partial charge in [-0.1, -0.05) is 0 Å². The van der Waals surface area contributed by atoms with Crippen LogP contribution in [0.5, 0.6) is 0 Å². The van der Waals surface area contributed by atoms with Crippen molar-refractivity contribution in [1.29, 1.82) is 0 Å². The zero-order chi connectivity index (χ0) is 16.0. The summed E-state index contributed by atoms with van der Waals surface area (Å²) in [5, 5.41) is 29.4. The smallest absolute Gasteiger partial charge is 0.262 e. The summed E-state index contributed by atoms with van der Waals surface area (Å²) in [6.45, 7) is -0.374. The molecular formula is C12H17N5O5. The fourth-order valence-electron chi connectivity index (χ4n) is 2.71. The highest BCUT2D eigenvalue weighted by molar-refractivity contribution is 5.80. The molecule has 4 atom stereocenters. The number of aliphatic hydroxyl groups excluding tert-OH is 3. The molecule has 0 aliphatic carbocycles. The Morgan fingerprint density at radius 2 is 2.14 bits per heavy atom. The van der Waals surface area contributed by atoms with E-state index in [1.807, 2.05) is 0 Å². The van der Waals surface area contributed by atoms with E-state index in [1.54, 1.807) is 0 Å². The first-order valence-electron chi connectivity index (χ1n) is 6.69. The van der Waals surface area contributed by atoms with E-state index in [2.05, 4.69) is 9.97 Å². The first-order chi connectivity index (χ1) is 10.5. The van der Waals surface area contributed by atoms with Gasteiger partial charge in [0, 0.05) is 12.7 Å². The van der Waals surface area contributed by atoms with Crippen LogP contribution in [0.25, 0.3) is 11.0 Å². The minimum atomic E-state index is -1.29. The summed E-state index contributed by atoms with van der Waals surface area (Å²) >= 11 is 0. The van der Waals surface area contributed by atoms with Gasteiger partial charge in [0.25, 0.3) is 5.56 Å². The third kappa shape index (κ3) is 2.09. The number of aliphatic hydroxyl groups is 3. The van der Waals surface area contributed by atoms with E-state index in [0.717, 1.165) is 0 Å². The zero-order valence-corrected chi connectivity index (χ0v) is 11.5. The highest BCUT2D eigenvalue weighted by Gasteiger charge is 2.44. The quantitative estimate of drug-likeness (QED) is 0.357. The largest absolute Gasteiger partial charge is 0.394 e. The van der Waals surface area contributed by atoms with E-state index in [9.17, 15) is 15.0 Å². The first-order valence-corrected chi connectivity index (χ1v) is 6.69. The average Bonchev–Trinajstić information content (AvgIpc) is 2.98. The summed E-state index contributed by atoms with van der Waals surface area (Å²) in [7, 11) is 0. The second-order valence-electron chi connectivity index (χ2n) is 5.14. The van der Waals surface area contributed by atoms with Gasteiger partial charge in [-0.15, -0.1) is 0 Å². The van der Waals surface area contributed by atoms with E-state index < -0.39 is 36.7 Å². The van der Waals surface area contributed by atoms with E-state index in [1.165, 1.54) is 10.8 Å². The van der Waals surface area contributed by atoms with Crippen LogP contribution in [0.2, 0.25) is 0 Å². The lowest BCUT2D eigenvalue weighted by Gasteiger charge is -2.17. The van der Waals surface area contributed by atoms with Crippen LogP contribution in [0, 0.1) is 0 Å². The van der Waals surface area contributed by atoms with Crippen molar-refractivity contribution < 1.29 is 20.1 Å². The molecule has 0 saturated carbocycles. The third-order valence-electron chi connectivity index (χ3n) is 3.79. The van der Waals surface area contributed by atoms with Crippen LogP contribution in [-0.2, 0) is 11.3 Å². The third-order valence-corrected chi connectivity index (χ3v) is 3.79. The molecule has 3 heterocycles. The second kappa shape index (κ2) is 5.34. The van der Waals surface area contributed by atoms with Crippen molar-refractivity contribution in [3.05, 3.63) is 22.1 Å². The molecule has 0 radical (unpaired) electrons. The van der Waals surface area contributed by atoms with E-state index in [-0.39, 0.29) is 23.5 Å². The van der Waals surface area contributed by atoms with Crippen LogP contribution >= 0.6 is 0 Å². The lowest BCUT2D eigenvalue weighted by molar-refractivity contribution is -0.0509. The molecule has 2 aromatic rings. The number of rotatable bonds is 3. The van der Waals surface area contributed by atoms with Gasteiger partial charge < -0.3 is 36.1 Å². The van der Waals surface area contributed by atoms with Crippen molar-refractivity contribution >= 4 is 17.0 Å². The maximum Gasteiger partial charge on any atom is 0.262 e. The SMILES string of the molecule is NCc1cn([C@@H]2O[C@H](CO)C(O)[C@@H]2O)c2nc(N)[nH]c(=O)c12. The Bertz CT molecular complexity index is 756. The number of nitrogen functional groups attached to an aromatic ring is 1. The minimum Gasteiger partial charge on any atom is -0.394 e. The van der Waals surface area contributed by atoms with Crippen molar-refractivity contribution in [1.82, 2.24) is 14.5 Å². The predicted molar refractivity (Wildman–Crippen MR) is 75.7 cm³/mol. The Balaban J connectivity index is 2.18. The standard InChI is InChI=1S/C12H17N5O5/c13-1-4-2-17(9-6(4)10(21)16-12(14)15-9)11-8(20)7(19)5(3-18)22-11/h2,5,7-8,11,18-20H,1,3,13H2,(H3,14,15,16,21)/t5-,7?,8+,11-/m1/s1.